The molecule has 32 heavy (non-hydrogen) atoms. The van der Waals surface area contributed by atoms with Crippen molar-refractivity contribution in [3.8, 4) is 0 Å². The summed E-state index contributed by atoms with van der Waals surface area (Å²) in [7, 11) is -3.91. The molecule has 0 radical (unpaired) electrons. The average Bonchev–Trinajstić information content (AvgIpc) is 3.36. The number of hydrogen-bond acceptors (Lipinski definition) is 5. The largest absolute Gasteiger partial charge is 0.469 e. The molecule has 0 bridgehead atoms. The lowest BCUT2D eigenvalue weighted by Crippen LogP contribution is -2.35. The Labute approximate surface area is 188 Å². The van der Waals surface area contributed by atoms with Crippen LogP contribution in [0.3, 0.4) is 0 Å². The first-order chi connectivity index (χ1) is 15.2. The Kier molecular flexibility index (Phi) is 6.18. The van der Waals surface area contributed by atoms with E-state index < -0.39 is 10.0 Å². The van der Waals surface area contributed by atoms with Gasteiger partial charge in [-0.25, -0.2) is 13.1 Å². The van der Waals surface area contributed by atoms with Crippen LogP contribution < -0.4 is 4.72 Å². The first kappa shape index (κ1) is 22.6. The zero-order valence-electron chi connectivity index (χ0n) is 19.0. The fourth-order valence-electron chi connectivity index (χ4n) is 4.41. The number of sulfonamides is 1. The Morgan fingerprint density at radius 3 is 2.53 bits per heavy atom. The summed E-state index contributed by atoms with van der Waals surface area (Å²) in [5, 5.41) is 0.660. The van der Waals surface area contributed by atoms with E-state index >= 15 is 0 Å². The van der Waals surface area contributed by atoms with Crippen molar-refractivity contribution in [1.29, 1.82) is 0 Å². The topological polar surface area (TPSA) is 92.8 Å². The first-order valence-corrected chi connectivity index (χ1v) is 12.5. The minimum absolute atomic E-state index is 0.0968. The second-order valence-corrected chi connectivity index (χ2v) is 10.4. The van der Waals surface area contributed by atoms with Gasteiger partial charge in [0.05, 0.1) is 6.26 Å². The van der Waals surface area contributed by atoms with Crippen molar-refractivity contribution >= 4 is 26.9 Å². The molecule has 3 heterocycles. The number of carbonyl (C=O) groups excluding carboxylic acids is 1. The number of amides is 1. The molecule has 172 valence electrons. The minimum atomic E-state index is -3.91. The third-order valence-electron chi connectivity index (χ3n) is 6.24. The van der Waals surface area contributed by atoms with Crippen LogP contribution in [0.5, 0.6) is 0 Å². The van der Waals surface area contributed by atoms with E-state index in [1.165, 1.54) is 0 Å². The van der Waals surface area contributed by atoms with Gasteiger partial charge in [-0.05, 0) is 76.3 Å². The van der Waals surface area contributed by atoms with Crippen molar-refractivity contribution in [1.82, 2.24) is 9.62 Å². The summed E-state index contributed by atoms with van der Waals surface area (Å²) in [5.74, 6) is 0.762. The van der Waals surface area contributed by atoms with Crippen molar-refractivity contribution in [3.05, 3.63) is 52.7 Å². The second kappa shape index (κ2) is 8.75. The van der Waals surface area contributed by atoms with Gasteiger partial charge in [-0.15, -0.1) is 0 Å². The Balaban J connectivity index is 1.74. The predicted molar refractivity (Wildman–Crippen MR) is 122 cm³/mol. The van der Waals surface area contributed by atoms with Crippen LogP contribution in [0, 0.1) is 20.8 Å². The van der Waals surface area contributed by atoms with Crippen molar-refractivity contribution in [2.24, 2.45) is 0 Å². The molecule has 1 aromatic carbocycles. The van der Waals surface area contributed by atoms with Gasteiger partial charge in [0.15, 0.2) is 11.3 Å². The maximum Gasteiger partial charge on any atom is 0.289 e. The molecule has 3 aromatic rings. The number of hydrogen-bond donors (Lipinski definition) is 1. The maximum atomic E-state index is 13.5. The standard InChI is InChI=1S/C24H30N2O5S/c1-15-13-20-18(4)21(24(27)26-10-6-5-7-11-26)31-22(20)23(17(15)3)32(28,29)25-16(2)14-19-9-8-12-30-19/h8-9,12-13,16,25H,5-7,10-11,14H2,1-4H3. The Morgan fingerprint density at radius 1 is 1.16 bits per heavy atom. The molecular formula is C24H30N2O5S. The summed E-state index contributed by atoms with van der Waals surface area (Å²) < 4.78 is 41.0. The van der Waals surface area contributed by atoms with Crippen molar-refractivity contribution < 1.29 is 22.0 Å². The average molecular weight is 459 g/mol. The summed E-state index contributed by atoms with van der Waals surface area (Å²) >= 11 is 0. The number of aryl methyl sites for hydroxylation is 2. The number of nitrogens with zero attached hydrogens (tertiary/aromatic N) is 1. The van der Waals surface area contributed by atoms with E-state index in [4.69, 9.17) is 8.83 Å². The lowest BCUT2D eigenvalue weighted by atomic mass is 10.0. The predicted octanol–water partition coefficient (Wildman–Crippen LogP) is 4.49. The summed E-state index contributed by atoms with van der Waals surface area (Å²) in [6.07, 6.45) is 5.06. The molecule has 1 unspecified atom stereocenters. The van der Waals surface area contributed by atoms with Gasteiger partial charge in [0, 0.05) is 36.5 Å². The van der Waals surface area contributed by atoms with E-state index in [-0.39, 0.29) is 28.2 Å². The smallest absolute Gasteiger partial charge is 0.289 e. The highest BCUT2D eigenvalue weighted by atomic mass is 32.2. The molecule has 4 rings (SSSR count). The molecule has 1 aliphatic rings. The molecule has 1 N–H and O–H groups in total. The third kappa shape index (κ3) is 4.21. The lowest BCUT2D eigenvalue weighted by Gasteiger charge is -2.25. The number of carbonyl (C=O) groups is 1. The molecule has 7 nitrogen and oxygen atoms in total. The first-order valence-electron chi connectivity index (χ1n) is 11.1. The number of fused-ring (bicyclic) bond motifs is 1. The summed E-state index contributed by atoms with van der Waals surface area (Å²) in [6, 6.07) is 5.11. The maximum absolute atomic E-state index is 13.5. The highest BCUT2D eigenvalue weighted by Gasteiger charge is 2.30. The van der Waals surface area contributed by atoms with Gasteiger partial charge in [0.1, 0.15) is 10.7 Å². The normalized spacial score (nSPS) is 15.9. The van der Waals surface area contributed by atoms with Gasteiger partial charge in [-0.3, -0.25) is 4.79 Å². The van der Waals surface area contributed by atoms with E-state index in [1.54, 1.807) is 31.1 Å². The number of furan rings is 2. The molecule has 1 aliphatic heterocycles. The summed E-state index contributed by atoms with van der Waals surface area (Å²) in [4.78, 5) is 15.0. The van der Waals surface area contributed by atoms with Crippen molar-refractivity contribution in [3.63, 3.8) is 0 Å². The fourth-order valence-corrected chi connectivity index (χ4v) is 6.10. The molecule has 1 amide bonds. The van der Waals surface area contributed by atoms with E-state index in [1.807, 2.05) is 26.0 Å². The minimum Gasteiger partial charge on any atom is -0.469 e. The van der Waals surface area contributed by atoms with Gasteiger partial charge in [0.2, 0.25) is 10.0 Å². The highest BCUT2D eigenvalue weighted by molar-refractivity contribution is 7.89. The van der Waals surface area contributed by atoms with Gasteiger partial charge in [-0.1, -0.05) is 0 Å². The van der Waals surface area contributed by atoms with Crippen LogP contribution in [0.1, 0.15) is 59.2 Å². The quantitative estimate of drug-likeness (QED) is 0.588. The van der Waals surface area contributed by atoms with E-state index in [9.17, 15) is 13.2 Å². The molecule has 0 saturated carbocycles. The fraction of sp³-hybridized carbons (Fsp3) is 0.458. The molecule has 8 heteroatoms. The summed E-state index contributed by atoms with van der Waals surface area (Å²) in [5.41, 5.74) is 2.36. The van der Waals surface area contributed by atoms with Gasteiger partial charge < -0.3 is 13.7 Å². The zero-order chi connectivity index (χ0) is 23.0. The second-order valence-electron chi connectivity index (χ2n) is 8.74. The molecular weight excluding hydrogens is 428 g/mol. The van der Waals surface area contributed by atoms with Crippen LogP contribution in [-0.2, 0) is 16.4 Å². The number of likely N-dealkylation sites (tertiary alicyclic amines) is 1. The van der Waals surface area contributed by atoms with Crippen LogP contribution in [-0.4, -0.2) is 38.4 Å². The Hall–Kier alpha value is -2.58. The summed E-state index contributed by atoms with van der Waals surface area (Å²) in [6.45, 7) is 8.65. The highest BCUT2D eigenvalue weighted by Crippen LogP contribution is 2.35. The Morgan fingerprint density at radius 2 is 1.88 bits per heavy atom. The third-order valence-corrected chi connectivity index (χ3v) is 7.98. The molecule has 1 saturated heterocycles. The zero-order valence-corrected chi connectivity index (χ0v) is 19.8. The van der Waals surface area contributed by atoms with Crippen LogP contribution in [0.15, 0.2) is 38.2 Å². The van der Waals surface area contributed by atoms with E-state index in [0.29, 0.717) is 41.8 Å². The number of rotatable bonds is 6. The van der Waals surface area contributed by atoms with Crippen LogP contribution >= 0.6 is 0 Å². The Bertz CT molecular complexity index is 1240. The van der Waals surface area contributed by atoms with Gasteiger partial charge >= 0.3 is 0 Å². The van der Waals surface area contributed by atoms with Crippen LogP contribution in [0.25, 0.3) is 11.0 Å². The molecule has 0 spiro atoms. The van der Waals surface area contributed by atoms with Crippen LogP contribution in [0.4, 0.5) is 0 Å². The molecule has 1 fully saturated rings. The van der Waals surface area contributed by atoms with Crippen molar-refractivity contribution in [2.45, 2.75) is 64.3 Å². The number of benzene rings is 1. The SMILES string of the molecule is Cc1cc2c(C)c(C(=O)N3CCCCC3)oc2c(S(=O)(=O)NC(C)Cc2ccco2)c1C. The van der Waals surface area contributed by atoms with Gasteiger partial charge in [-0.2, -0.15) is 0 Å². The van der Waals surface area contributed by atoms with Gasteiger partial charge in [0.25, 0.3) is 5.91 Å². The molecule has 1 atom stereocenters. The molecule has 2 aromatic heterocycles. The number of piperidine rings is 1. The lowest BCUT2D eigenvalue weighted by molar-refractivity contribution is 0.0693. The number of nitrogens with one attached hydrogen (secondary N) is 1. The molecule has 0 aliphatic carbocycles. The van der Waals surface area contributed by atoms with E-state index in [2.05, 4.69) is 4.72 Å². The monoisotopic (exact) mass is 458 g/mol. The van der Waals surface area contributed by atoms with E-state index in [0.717, 1.165) is 24.8 Å². The van der Waals surface area contributed by atoms with Crippen LogP contribution in [0.2, 0.25) is 0 Å². The van der Waals surface area contributed by atoms with Crippen molar-refractivity contribution in [2.75, 3.05) is 13.1 Å².